The van der Waals surface area contributed by atoms with Crippen molar-refractivity contribution in [2.75, 3.05) is 0 Å². The Morgan fingerprint density at radius 1 is 1.30 bits per heavy atom. The van der Waals surface area contributed by atoms with Crippen molar-refractivity contribution in [3.8, 4) is 0 Å². The largest absolute Gasteiger partial charge is 0.240 e. The summed E-state index contributed by atoms with van der Waals surface area (Å²) >= 11 is 0. The molecule has 0 aliphatic carbocycles. The van der Waals surface area contributed by atoms with Gasteiger partial charge >= 0.3 is 0 Å². The summed E-state index contributed by atoms with van der Waals surface area (Å²) in [5.41, 5.74) is 9.33. The van der Waals surface area contributed by atoms with E-state index in [1.54, 1.807) is 0 Å². The van der Waals surface area contributed by atoms with Crippen LogP contribution >= 0.6 is 0 Å². The molecule has 0 radical (unpaired) electrons. The molecule has 0 bridgehead atoms. The first-order valence-corrected chi connectivity index (χ1v) is 4.01. The highest BCUT2D eigenvalue weighted by Gasteiger charge is 2.26. The SMILES string of the molecule is CCC1NNNC1C(C)C. The zero-order valence-corrected chi connectivity index (χ0v) is 6.94. The summed E-state index contributed by atoms with van der Waals surface area (Å²) in [5, 5.41) is 0. The maximum Gasteiger partial charge on any atom is 0.0416 e. The van der Waals surface area contributed by atoms with Gasteiger partial charge in [-0.05, 0) is 12.3 Å². The average Bonchev–Trinajstić information content (AvgIpc) is 2.33. The molecule has 1 aliphatic heterocycles. The van der Waals surface area contributed by atoms with Crippen LogP contribution in [0.15, 0.2) is 0 Å². The van der Waals surface area contributed by atoms with Crippen LogP contribution in [-0.4, -0.2) is 12.1 Å². The molecule has 1 aliphatic rings. The van der Waals surface area contributed by atoms with Crippen LogP contribution < -0.4 is 16.4 Å². The van der Waals surface area contributed by atoms with Crippen LogP contribution in [0.2, 0.25) is 0 Å². The lowest BCUT2D eigenvalue weighted by Crippen LogP contribution is -2.37. The van der Waals surface area contributed by atoms with Gasteiger partial charge in [0.15, 0.2) is 0 Å². The van der Waals surface area contributed by atoms with Gasteiger partial charge in [0.1, 0.15) is 0 Å². The van der Waals surface area contributed by atoms with Gasteiger partial charge in [0.25, 0.3) is 0 Å². The molecule has 60 valence electrons. The Hall–Kier alpha value is -0.120. The van der Waals surface area contributed by atoms with Crippen molar-refractivity contribution in [1.29, 1.82) is 0 Å². The van der Waals surface area contributed by atoms with Crippen LogP contribution in [0.25, 0.3) is 0 Å². The van der Waals surface area contributed by atoms with Crippen LogP contribution in [0.1, 0.15) is 27.2 Å². The minimum absolute atomic E-state index is 0.574. The van der Waals surface area contributed by atoms with Crippen LogP contribution in [0.5, 0.6) is 0 Å². The van der Waals surface area contributed by atoms with Gasteiger partial charge in [0, 0.05) is 12.1 Å². The van der Waals surface area contributed by atoms with Crippen LogP contribution in [0.3, 0.4) is 0 Å². The molecule has 10 heavy (non-hydrogen) atoms. The predicted octanol–water partition coefficient (Wildman–Crippen LogP) is 0.402. The quantitative estimate of drug-likeness (QED) is 0.524. The molecule has 0 saturated carbocycles. The first-order valence-electron chi connectivity index (χ1n) is 4.01. The summed E-state index contributed by atoms with van der Waals surface area (Å²) in [7, 11) is 0. The second-order valence-electron chi connectivity index (χ2n) is 3.20. The molecule has 2 atom stereocenters. The van der Waals surface area contributed by atoms with E-state index in [-0.39, 0.29) is 0 Å². The maximum atomic E-state index is 3.20. The summed E-state index contributed by atoms with van der Waals surface area (Å²) in [6.07, 6.45) is 1.17. The summed E-state index contributed by atoms with van der Waals surface area (Å²) in [5.74, 6) is 0.687. The number of hydrogen-bond acceptors (Lipinski definition) is 3. The average molecular weight is 143 g/mol. The second-order valence-corrected chi connectivity index (χ2v) is 3.20. The molecule has 0 spiro atoms. The Morgan fingerprint density at radius 3 is 2.40 bits per heavy atom. The lowest BCUT2D eigenvalue weighted by atomic mass is 9.97. The van der Waals surface area contributed by atoms with Crippen molar-refractivity contribution in [3.05, 3.63) is 0 Å². The van der Waals surface area contributed by atoms with Gasteiger partial charge in [-0.1, -0.05) is 20.8 Å². The van der Waals surface area contributed by atoms with Gasteiger partial charge in [-0.2, -0.15) is 5.53 Å². The highest BCUT2D eigenvalue weighted by atomic mass is 15.7. The molecule has 0 aromatic carbocycles. The number of nitrogens with one attached hydrogen (secondary N) is 3. The van der Waals surface area contributed by atoms with Crippen molar-refractivity contribution in [3.63, 3.8) is 0 Å². The fraction of sp³-hybridized carbons (Fsp3) is 1.00. The van der Waals surface area contributed by atoms with Gasteiger partial charge in [-0.25, -0.2) is 10.9 Å². The monoisotopic (exact) mass is 143 g/mol. The van der Waals surface area contributed by atoms with Crippen LogP contribution in [-0.2, 0) is 0 Å². The van der Waals surface area contributed by atoms with Gasteiger partial charge in [0.2, 0.25) is 0 Å². The van der Waals surface area contributed by atoms with Crippen LogP contribution in [0.4, 0.5) is 0 Å². The summed E-state index contributed by atoms with van der Waals surface area (Å²) in [6, 6.07) is 1.16. The molecule has 0 amide bonds. The summed E-state index contributed by atoms with van der Waals surface area (Å²) < 4.78 is 0. The minimum atomic E-state index is 0.574. The predicted molar refractivity (Wildman–Crippen MR) is 42.1 cm³/mol. The highest BCUT2D eigenvalue weighted by Crippen LogP contribution is 2.10. The molecule has 3 nitrogen and oxygen atoms in total. The van der Waals surface area contributed by atoms with Crippen molar-refractivity contribution in [2.24, 2.45) is 5.92 Å². The standard InChI is InChI=1S/C7H17N3/c1-4-6-7(5(2)3)9-10-8-6/h5-10H,4H2,1-3H3. The first kappa shape index (κ1) is 7.98. The molecule has 0 aromatic rings. The molecule has 1 heterocycles. The normalized spacial score (nSPS) is 33.6. The Morgan fingerprint density at radius 2 is 2.00 bits per heavy atom. The topological polar surface area (TPSA) is 36.1 Å². The van der Waals surface area contributed by atoms with Crippen molar-refractivity contribution in [1.82, 2.24) is 16.4 Å². The third-order valence-electron chi connectivity index (χ3n) is 2.09. The Kier molecular flexibility index (Phi) is 2.65. The molecule has 1 fully saturated rings. The zero-order chi connectivity index (χ0) is 7.56. The fourth-order valence-corrected chi connectivity index (χ4v) is 1.40. The minimum Gasteiger partial charge on any atom is -0.240 e. The zero-order valence-electron chi connectivity index (χ0n) is 6.94. The lowest BCUT2D eigenvalue weighted by Gasteiger charge is -2.19. The van der Waals surface area contributed by atoms with Crippen molar-refractivity contribution < 1.29 is 0 Å². The number of rotatable bonds is 2. The van der Waals surface area contributed by atoms with Crippen LogP contribution in [0, 0.1) is 5.92 Å². The Labute approximate surface area is 62.5 Å². The van der Waals surface area contributed by atoms with Crippen molar-refractivity contribution >= 4 is 0 Å². The number of hydrogen-bond donors (Lipinski definition) is 3. The lowest BCUT2D eigenvalue weighted by molar-refractivity contribution is 0.390. The number of hydrazine groups is 2. The van der Waals surface area contributed by atoms with Gasteiger partial charge < -0.3 is 0 Å². The molecule has 1 rings (SSSR count). The molecule has 1 saturated heterocycles. The third-order valence-corrected chi connectivity index (χ3v) is 2.09. The second kappa shape index (κ2) is 3.32. The maximum absolute atomic E-state index is 3.20. The smallest absolute Gasteiger partial charge is 0.0416 e. The molecular formula is C7H17N3. The molecule has 0 aromatic heterocycles. The van der Waals surface area contributed by atoms with E-state index >= 15 is 0 Å². The third kappa shape index (κ3) is 1.48. The highest BCUT2D eigenvalue weighted by molar-refractivity contribution is 4.84. The fourth-order valence-electron chi connectivity index (χ4n) is 1.40. The van der Waals surface area contributed by atoms with E-state index in [2.05, 4.69) is 37.2 Å². The van der Waals surface area contributed by atoms with E-state index in [1.807, 2.05) is 0 Å². The molecule has 3 heteroatoms. The molecule has 3 N–H and O–H groups in total. The summed E-state index contributed by atoms with van der Waals surface area (Å²) in [6.45, 7) is 6.66. The Bertz CT molecular complexity index is 103. The van der Waals surface area contributed by atoms with Gasteiger partial charge in [-0.15, -0.1) is 0 Å². The van der Waals surface area contributed by atoms with E-state index in [0.29, 0.717) is 18.0 Å². The summed E-state index contributed by atoms with van der Waals surface area (Å²) in [4.78, 5) is 0. The van der Waals surface area contributed by atoms with Gasteiger partial charge in [-0.3, -0.25) is 0 Å². The molecular weight excluding hydrogens is 126 g/mol. The molecule has 2 unspecified atom stereocenters. The Balaban J connectivity index is 2.42. The van der Waals surface area contributed by atoms with E-state index in [4.69, 9.17) is 0 Å². The van der Waals surface area contributed by atoms with Crippen molar-refractivity contribution in [2.45, 2.75) is 39.3 Å². The van der Waals surface area contributed by atoms with Gasteiger partial charge in [0.05, 0.1) is 0 Å². The first-order chi connectivity index (χ1) is 4.75. The van der Waals surface area contributed by atoms with E-state index in [9.17, 15) is 0 Å². The van der Waals surface area contributed by atoms with E-state index < -0.39 is 0 Å². The van der Waals surface area contributed by atoms with E-state index in [1.165, 1.54) is 6.42 Å². The van der Waals surface area contributed by atoms with E-state index in [0.717, 1.165) is 0 Å².